The van der Waals surface area contributed by atoms with Crippen molar-refractivity contribution in [3.05, 3.63) is 81.0 Å². The van der Waals surface area contributed by atoms with Crippen molar-refractivity contribution in [2.24, 2.45) is 0 Å². The van der Waals surface area contributed by atoms with Gasteiger partial charge in [0.1, 0.15) is 18.1 Å². The number of hydrogen-bond donors (Lipinski definition) is 1. The molecule has 0 radical (unpaired) electrons. The molecule has 0 unspecified atom stereocenters. The van der Waals surface area contributed by atoms with Gasteiger partial charge in [0.15, 0.2) is 0 Å². The maximum Gasteiger partial charge on any atom is 0.119 e. The van der Waals surface area contributed by atoms with Crippen molar-refractivity contribution in [1.29, 1.82) is 0 Å². The van der Waals surface area contributed by atoms with E-state index in [2.05, 4.69) is 24.4 Å². The fraction of sp³-hybridized carbons (Fsp3) is 0.182. The first-order valence-corrected chi connectivity index (χ1v) is 10.5. The van der Waals surface area contributed by atoms with E-state index in [4.69, 9.17) is 27.9 Å². The maximum atomic E-state index is 9.68. The number of halogens is 2. The predicted octanol–water partition coefficient (Wildman–Crippen LogP) is 7.09. The highest BCUT2D eigenvalue weighted by atomic mass is 35.5. The summed E-state index contributed by atoms with van der Waals surface area (Å²) in [7, 11) is 0. The molecule has 0 bridgehead atoms. The average Bonchev–Trinajstić information content (AvgIpc) is 3.12. The van der Waals surface area contributed by atoms with Gasteiger partial charge in [0.2, 0.25) is 0 Å². The molecule has 0 aliphatic heterocycles. The summed E-state index contributed by atoms with van der Waals surface area (Å²) in [6.45, 7) is 2.62. The largest absolute Gasteiger partial charge is 0.508 e. The van der Waals surface area contributed by atoms with Crippen LogP contribution in [-0.4, -0.2) is 17.6 Å². The molecule has 0 atom stereocenters. The molecule has 1 aromatic heterocycles. The van der Waals surface area contributed by atoms with Gasteiger partial charge in [0.05, 0.1) is 10.2 Å². The average molecular weight is 419 g/mol. The minimum atomic E-state index is 0.250. The zero-order valence-corrected chi connectivity index (χ0v) is 17.2. The lowest BCUT2D eigenvalue weighted by Crippen LogP contribution is -1.98. The zero-order chi connectivity index (χ0) is 19.2. The van der Waals surface area contributed by atoms with Crippen molar-refractivity contribution in [3.8, 4) is 11.5 Å². The molecule has 0 spiro atoms. The molecule has 5 heteroatoms. The molecular weight excluding hydrogens is 399 g/mol. The summed E-state index contributed by atoms with van der Waals surface area (Å²) < 4.78 is 6.36. The lowest BCUT2D eigenvalue weighted by molar-refractivity contribution is 0.343. The Morgan fingerprint density at radius 1 is 1.00 bits per heavy atom. The number of benzene rings is 2. The van der Waals surface area contributed by atoms with E-state index in [-0.39, 0.29) is 5.75 Å². The van der Waals surface area contributed by atoms with Crippen molar-refractivity contribution in [1.82, 2.24) is 0 Å². The molecule has 0 fully saturated rings. The molecule has 0 saturated heterocycles. The second kappa shape index (κ2) is 9.32. The molecule has 0 aliphatic rings. The molecule has 1 heterocycles. The van der Waals surface area contributed by atoms with E-state index in [1.54, 1.807) is 12.1 Å². The molecule has 2 aromatic carbocycles. The fourth-order valence-electron chi connectivity index (χ4n) is 3.01. The van der Waals surface area contributed by atoms with E-state index in [0.717, 1.165) is 38.8 Å². The summed E-state index contributed by atoms with van der Waals surface area (Å²) in [4.78, 5) is 0. The van der Waals surface area contributed by atoms with Gasteiger partial charge in [-0.2, -0.15) is 0 Å². The van der Waals surface area contributed by atoms with Crippen LogP contribution in [0.3, 0.4) is 0 Å². The molecule has 3 rings (SSSR count). The molecule has 140 valence electrons. The Kier molecular flexibility index (Phi) is 6.84. The first-order chi connectivity index (χ1) is 13.1. The van der Waals surface area contributed by atoms with Crippen LogP contribution in [0.25, 0.3) is 11.1 Å². The summed E-state index contributed by atoms with van der Waals surface area (Å²) in [6, 6.07) is 17.3. The van der Waals surface area contributed by atoms with E-state index in [1.807, 2.05) is 30.3 Å². The van der Waals surface area contributed by atoms with Crippen LogP contribution >= 0.6 is 34.5 Å². The molecule has 27 heavy (non-hydrogen) atoms. The Hall–Kier alpha value is -1.94. The van der Waals surface area contributed by atoms with Crippen LogP contribution in [0.5, 0.6) is 11.5 Å². The number of alkyl halides is 1. The van der Waals surface area contributed by atoms with Crippen molar-refractivity contribution in [2.75, 3.05) is 12.5 Å². The number of thiophene rings is 1. The summed E-state index contributed by atoms with van der Waals surface area (Å²) in [6.07, 6.45) is 0.855. The van der Waals surface area contributed by atoms with Gasteiger partial charge < -0.3 is 9.84 Å². The number of allylic oxidation sites excluding steroid dienone is 1. The van der Waals surface area contributed by atoms with Gasteiger partial charge in [-0.3, -0.25) is 0 Å². The van der Waals surface area contributed by atoms with Gasteiger partial charge in [-0.15, -0.1) is 22.9 Å². The minimum Gasteiger partial charge on any atom is -0.508 e. The molecule has 0 aliphatic carbocycles. The van der Waals surface area contributed by atoms with E-state index >= 15 is 0 Å². The van der Waals surface area contributed by atoms with Gasteiger partial charge in [-0.1, -0.05) is 42.8 Å². The molecule has 3 aromatic rings. The van der Waals surface area contributed by atoms with Crippen molar-refractivity contribution in [3.63, 3.8) is 0 Å². The van der Waals surface area contributed by atoms with Crippen LogP contribution in [0.4, 0.5) is 0 Å². The summed E-state index contributed by atoms with van der Waals surface area (Å²) in [5.74, 6) is 1.50. The van der Waals surface area contributed by atoms with Crippen molar-refractivity contribution >= 4 is 45.7 Å². The SMILES string of the molecule is CCC(=C(c1ccc(O)cc1)c1ccc(OCCCl)cc1)c1csc(Cl)c1. The van der Waals surface area contributed by atoms with Crippen LogP contribution in [0.2, 0.25) is 4.34 Å². The first-order valence-electron chi connectivity index (χ1n) is 8.68. The number of hydrogen-bond acceptors (Lipinski definition) is 3. The Bertz CT molecular complexity index is 912. The van der Waals surface area contributed by atoms with Crippen molar-refractivity contribution < 1.29 is 9.84 Å². The van der Waals surface area contributed by atoms with Crippen molar-refractivity contribution in [2.45, 2.75) is 13.3 Å². The van der Waals surface area contributed by atoms with Gasteiger partial charge in [-0.05, 0) is 70.0 Å². The maximum absolute atomic E-state index is 9.68. The number of phenols is 1. The van der Waals surface area contributed by atoms with Gasteiger partial charge >= 0.3 is 0 Å². The molecule has 1 N–H and O–H groups in total. The Morgan fingerprint density at radius 3 is 2.15 bits per heavy atom. The lowest BCUT2D eigenvalue weighted by Gasteiger charge is -2.16. The van der Waals surface area contributed by atoms with E-state index in [0.29, 0.717) is 12.5 Å². The fourth-order valence-corrected chi connectivity index (χ4v) is 3.98. The third-order valence-corrected chi connectivity index (χ3v) is 5.46. The second-order valence-corrected chi connectivity index (χ2v) is 7.88. The van der Waals surface area contributed by atoms with E-state index in [1.165, 1.54) is 16.9 Å². The minimum absolute atomic E-state index is 0.250. The second-order valence-electron chi connectivity index (χ2n) is 5.96. The van der Waals surface area contributed by atoms with Crippen LogP contribution in [0.15, 0.2) is 60.0 Å². The number of rotatable bonds is 7. The quantitative estimate of drug-likeness (QED) is 0.414. The van der Waals surface area contributed by atoms with Gasteiger partial charge in [0, 0.05) is 0 Å². The molecule has 2 nitrogen and oxygen atoms in total. The van der Waals surface area contributed by atoms with E-state index < -0.39 is 0 Å². The number of aromatic hydroxyl groups is 1. The van der Waals surface area contributed by atoms with Crippen LogP contribution in [-0.2, 0) is 0 Å². The molecule has 0 amide bonds. The highest BCUT2D eigenvalue weighted by Gasteiger charge is 2.14. The standard InChI is InChI=1S/C22H20Cl2O2S/c1-2-20(17-13-21(24)27-14-17)22(15-3-7-18(25)8-4-15)16-5-9-19(10-6-16)26-12-11-23/h3-10,13-14,25H,2,11-12H2,1H3. The highest BCUT2D eigenvalue weighted by molar-refractivity contribution is 7.14. The summed E-state index contributed by atoms with van der Waals surface area (Å²) >= 11 is 13.4. The summed E-state index contributed by atoms with van der Waals surface area (Å²) in [5.41, 5.74) is 5.58. The normalized spacial score (nSPS) is 12.0. The highest BCUT2D eigenvalue weighted by Crippen LogP contribution is 2.37. The number of phenolic OH excluding ortho intramolecular Hbond substituents is 1. The monoisotopic (exact) mass is 418 g/mol. The molecular formula is C22H20Cl2O2S. The Labute approximate surface area is 173 Å². The van der Waals surface area contributed by atoms with Gasteiger partial charge in [-0.25, -0.2) is 0 Å². The van der Waals surface area contributed by atoms with Crippen LogP contribution in [0.1, 0.15) is 30.0 Å². The number of ether oxygens (including phenoxy) is 1. The predicted molar refractivity (Wildman–Crippen MR) is 116 cm³/mol. The Balaban J connectivity index is 2.12. The topological polar surface area (TPSA) is 29.5 Å². The Morgan fingerprint density at radius 2 is 1.63 bits per heavy atom. The van der Waals surface area contributed by atoms with E-state index in [9.17, 15) is 5.11 Å². The summed E-state index contributed by atoms with van der Waals surface area (Å²) in [5, 5.41) is 11.8. The van der Waals surface area contributed by atoms with Crippen LogP contribution < -0.4 is 4.74 Å². The third kappa shape index (κ3) is 4.86. The third-order valence-electron chi connectivity index (χ3n) is 4.22. The molecule has 0 saturated carbocycles. The van der Waals surface area contributed by atoms with Gasteiger partial charge in [0.25, 0.3) is 0 Å². The zero-order valence-electron chi connectivity index (χ0n) is 14.9. The van der Waals surface area contributed by atoms with Crippen LogP contribution in [0, 0.1) is 0 Å². The smallest absolute Gasteiger partial charge is 0.119 e. The first kappa shape index (κ1) is 19.8. The lowest BCUT2D eigenvalue weighted by atomic mass is 9.89.